The highest BCUT2D eigenvalue weighted by atomic mass is 16.2. The second kappa shape index (κ2) is 4.61. The molecule has 0 bridgehead atoms. The van der Waals surface area contributed by atoms with Gasteiger partial charge in [-0.3, -0.25) is 10.1 Å². The number of aromatic amines is 1. The highest BCUT2D eigenvalue weighted by Crippen LogP contribution is 2.19. The maximum Gasteiger partial charge on any atom is 0.246 e. The minimum atomic E-state index is -0.0978. The number of benzene rings is 1. The number of carbonyl (C=O) groups is 1. The van der Waals surface area contributed by atoms with E-state index in [2.05, 4.69) is 21.4 Å². The Morgan fingerprint density at radius 1 is 1.42 bits per heavy atom. The van der Waals surface area contributed by atoms with Crippen molar-refractivity contribution >= 4 is 22.8 Å². The molecular weight excluding hydrogens is 240 g/mol. The molecule has 0 saturated carbocycles. The Morgan fingerprint density at radius 3 is 3.05 bits per heavy atom. The first-order chi connectivity index (χ1) is 9.24. The molecule has 5 nitrogen and oxygen atoms in total. The fourth-order valence-electron chi connectivity index (χ4n) is 2.21. The van der Waals surface area contributed by atoms with Crippen LogP contribution in [-0.4, -0.2) is 20.4 Å². The first kappa shape index (κ1) is 11.5. The maximum atomic E-state index is 12.0. The van der Waals surface area contributed by atoms with Crippen LogP contribution >= 0.6 is 0 Å². The highest BCUT2D eigenvalue weighted by Gasteiger charge is 2.10. The number of H-pyrrole nitrogens is 1. The summed E-state index contributed by atoms with van der Waals surface area (Å²) in [5.74, 6) is 0.374. The van der Waals surface area contributed by atoms with E-state index in [9.17, 15) is 4.79 Å². The number of amides is 1. The molecular formula is C14H14N4O. The fraction of sp³-hybridized carbons (Fsp3) is 0.143. The third-order valence-corrected chi connectivity index (χ3v) is 3.08. The zero-order chi connectivity index (χ0) is 13.2. The molecule has 5 heteroatoms. The molecule has 0 fully saturated rings. The third kappa shape index (κ3) is 2.22. The van der Waals surface area contributed by atoms with Crippen LogP contribution in [0.3, 0.4) is 0 Å². The van der Waals surface area contributed by atoms with Crippen molar-refractivity contribution in [3.8, 4) is 0 Å². The highest BCUT2D eigenvalue weighted by molar-refractivity contribution is 5.90. The summed E-state index contributed by atoms with van der Waals surface area (Å²) in [6.45, 7) is 2.28. The van der Waals surface area contributed by atoms with Crippen molar-refractivity contribution in [3.05, 3.63) is 48.4 Å². The van der Waals surface area contributed by atoms with Crippen molar-refractivity contribution < 1.29 is 4.79 Å². The fourth-order valence-corrected chi connectivity index (χ4v) is 2.21. The van der Waals surface area contributed by atoms with E-state index in [1.165, 1.54) is 0 Å². The number of hydrogen-bond donors (Lipinski definition) is 2. The lowest BCUT2D eigenvalue weighted by atomic mass is 10.2. The number of fused-ring (bicyclic) bond motifs is 1. The second-order valence-electron chi connectivity index (χ2n) is 4.42. The zero-order valence-electron chi connectivity index (χ0n) is 10.6. The Bertz CT molecular complexity index is 712. The molecule has 0 saturated heterocycles. The van der Waals surface area contributed by atoms with E-state index in [1.54, 1.807) is 12.4 Å². The summed E-state index contributed by atoms with van der Waals surface area (Å²) in [6, 6.07) is 10.1. The molecule has 0 aliphatic rings. The summed E-state index contributed by atoms with van der Waals surface area (Å²) < 4.78 is 1.99. The molecule has 96 valence electrons. The molecule has 2 heterocycles. The predicted octanol–water partition coefficient (Wildman–Crippen LogP) is 2.31. The van der Waals surface area contributed by atoms with Gasteiger partial charge in [0.2, 0.25) is 11.9 Å². The van der Waals surface area contributed by atoms with E-state index < -0.39 is 0 Å². The largest absolute Gasteiger partial charge is 0.335 e. The Morgan fingerprint density at radius 2 is 2.26 bits per heavy atom. The normalized spacial score (nSPS) is 10.8. The average molecular weight is 254 g/mol. The topological polar surface area (TPSA) is 62.7 Å². The number of anilines is 1. The van der Waals surface area contributed by atoms with E-state index in [-0.39, 0.29) is 12.5 Å². The Balaban J connectivity index is 1.85. The van der Waals surface area contributed by atoms with Gasteiger partial charge in [-0.25, -0.2) is 4.98 Å². The maximum absolute atomic E-state index is 12.0. The van der Waals surface area contributed by atoms with Gasteiger partial charge in [0, 0.05) is 23.6 Å². The smallest absolute Gasteiger partial charge is 0.246 e. The lowest BCUT2D eigenvalue weighted by Gasteiger charge is -2.07. The van der Waals surface area contributed by atoms with E-state index in [1.807, 2.05) is 35.8 Å². The summed E-state index contributed by atoms with van der Waals surface area (Å²) in [4.78, 5) is 18.8. The van der Waals surface area contributed by atoms with Gasteiger partial charge in [0.15, 0.2) is 0 Å². The van der Waals surface area contributed by atoms with Crippen LogP contribution in [0.1, 0.15) is 5.69 Å². The number of hydrogen-bond acceptors (Lipinski definition) is 2. The predicted molar refractivity (Wildman–Crippen MR) is 73.9 cm³/mol. The van der Waals surface area contributed by atoms with Gasteiger partial charge < -0.3 is 9.55 Å². The molecule has 3 aromatic rings. The SMILES string of the molecule is Cc1cc2ccccc2n1CC(=O)Nc1ncc[nH]1. The number of carbonyl (C=O) groups excluding carboxylic acids is 1. The molecule has 0 spiro atoms. The molecule has 1 aromatic carbocycles. The minimum Gasteiger partial charge on any atom is -0.335 e. The van der Waals surface area contributed by atoms with Crippen LogP contribution in [-0.2, 0) is 11.3 Å². The van der Waals surface area contributed by atoms with E-state index in [0.29, 0.717) is 5.95 Å². The van der Waals surface area contributed by atoms with Crippen LogP contribution in [0.5, 0.6) is 0 Å². The first-order valence-electron chi connectivity index (χ1n) is 6.08. The zero-order valence-corrected chi connectivity index (χ0v) is 10.6. The van der Waals surface area contributed by atoms with Crippen LogP contribution in [0.4, 0.5) is 5.95 Å². The van der Waals surface area contributed by atoms with Crippen LogP contribution < -0.4 is 5.32 Å². The van der Waals surface area contributed by atoms with Gasteiger partial charge in [-0.2, -0.15) is 0 Å². The minimum absolute atomic E-state index is 0.0978. The Kier molecular flexibility index (Phi) is 2.79. The van der Waals surface area contributed by atoms with Gasteiger partial charge >= 0.3 is 0 Å². The molecule has 3 rings (SSSR count). The summed E-state index contributed by atoms with van der Waals surface area (Å²) in [6.07, 6.45) is 3.28. The number of nitrogens with zero attached hydrogens (tertiary/aromatic N) is 2. The number of aromatic nitrogens is 3. The van der Waals surface area contributed by atoms with Crippen LogP contribution in [0.2, 0.25) is 0 Å². The van der Waals surface area contributed by atoms with Crippen molar-refractivity contribution in [3.63, 3.8) is 0 Å². The average Bonchev–Trinajstić information content (AvgIpc) is 2.99. The monoisotopic (exact) mass is 254 g/mol. The van der Waals surface area contributed by atoms with Gasteiger partial charge in [-0.05, 0) is 24.4 Å². The van der Waals surface area contributed by atoms with Gasteiger partial charge in [-0.1, -0.05) is 18.2 Å². The quantitative estimate of drug-likeness (QED) is 0.753. The second-order valence-corrected chi connectivity index (χ2v) is 4.42. The Hall–Kier alpha value is -2.56. The van der Waals surface area contributed by atoms with Gasteiger partial charge in [0.05, 0.1) is 0 Å². The lowest BCUT2D eigenvalue weighted by molar-refractivity contribution is -0.116. The number of para-hydroxylation sites is 1. The van der Waals surface area contributed by atoms with Crippen LogP contribution in [0.15, 0.2) is 42.7 Å². The number of rotatable bonds is 3. The molecule has 19 heavy (non-hydrogen) atoms. The van der Waals surface area contributed by atoms with Crippen molar-refractivity contribution in [2.75, 3.05) is 5.32 Å². The summed E-state index contributed by atoms with van der Waals surface area (Å²) >= 11 is 0. The van der Waals surface area contributed by atoms with Crippen molar-refractivity contribution in [1.29, 1.82) is 0 Å². The van der Waals surface area contributed by atoms with Gasteiger partial charge in [0.1, 0.15) is 6.54 Å². The van der Waals surface area contributed by atoms with Gasteiger partial charge in [-0.15, -0.1) is 0 Å². The van der Waals surface area contributed by atoms with Crippen LogP contribution in [0.25, 0.3) is 10.9 Å². The molecule has 2 aromatic heterocycles. The summed E-state index contributed by atoms with van der Waals surface area (Å²) in [5.41, 5.74) is 2.13. The Labute approximate surface area is 110 Å². The molecule has 1 amide bonds. The lowest BCUT2D eigenvalue weighted by Crippen LogP contribution is -2.19. The third-order valence-electron chi connectivity index (χ3n) is 3.08. The molecule has 0 radical (unpaired) electrons. The van der Waals surface area contributed by atoms with Crippen molar-refractivity contribution in [2.45, 2.75) is 13.5 Å². The summed E-state index contributed by atoms with van der Waals surface area (Å²) in [7, 11) is 0. The molecule has 0 aliphatic heterocycles. The van der Waals surface area contributed by atoms with Crippen molar-refractivity contribution in [1.82, 2.24) is 14.5 Å². The van der Waals surface area contributed by atoms with E-state index >= 15 is 0 Å². The van der Waals surface area contributed by atoms with E-state index in [0.717, 1.165) is 16.6 Å². The summed E-state index contributed by atoms with van der Waals surface area (Å²) in [5, 5.41) is 3.87. The number of imidazole rings is 1. The van der Waals surface area contributed by atoms with E-state index in [4.69, 9.17) is 0 Å². The molecule has 2 N–H and O–H groups in total. The standard InChI is InChI=1S/C14H14N4O/c1-10-8-11-4-2-3-5-12(11)18(10)9-13(19)17-14-15-6-7-16-14/h2-8H,9H2,1H3,(H2,15,16,17,19). The van der Waals surface area contributed by atoms with Gasteiger partial charge in [0.25, 0.3) is 0 Å². The molecule has 0 aliphatic carbocycles. The first-order valence-corrected chi connectivity index (χ1v) is 6.08. The van der Waals surface area contributed by atoms with Crippen molar-refractivity contribution in [2.24, 2.45) is 0 Å². The molecule has 0 unspecified atom stereocenters. The number of nitrogens with one attached hydrogen (secondary N) is 2. The number of aryl methyl sites for hydroxylation is 1. The van der Waals surface area contributed by atoms with Crippen LogP contribution in [0, 0.1) is 6.92 Å². The molecule has 0 atom stereocenters.